The third kappa shape index (κ3) is 2.84. The molecule has 4 nitrogen and oxygen atoms in total. The molecule has 2 N–H and O–H groups in total. The van der Waals surface area contributed by atoms with Crippen molar-refractivity contribution in [2.75, 3.05) is 0 Å². The molecule has 1 aliphatic rings. The van der Waals surface area contributed by atoms with Crippen molar-refractivity contribution in [1.82, 2.24) is 5.32 Å². The Balaban J connectivity index is 2.62. The maximum absolute atomic E-state index is 12.1. The lowest BCUT2D eigenvalue weighted by Crippen LogP contribution is -2.42. The first kappa shape index (κ1) is 11.8. The van der Waals surface area contributed by atoms with Crippen LogP contribution in [-0.4, -0.2) is 29.2 Å². The van der Waals surface area contributed by atoms with E-state index in [2.05, 4.69) is 0 Å². The van der Waals surface area contributed by atoms with Gasteiger partial charge in [-0.1, -0.05) is 0 Å². The summed E-state index contributed by atoms with van der Waals surface area (Å²) in [4.78, 5) is 21.2. The lowest BCUT2D eigenvalue weighted by atomic mass is 10.1. The molecule has 0 heterocycles. The predicted molar refractivity (Wildman–Crippen MR) is 42.9 cm³/mol. The van der Waals surface area contributed by atoms with Gasteiger partial charge in [0.2, 0.25) is 5.91 Å². The van der Waals surface area contributed by atoms with E-state index in [1.165, 1.54) is 0 Å². The Morgan fingerprint density at radius 3 is 2.27 bits per heavy atom. The first-order valence-corrected chi connectivity index (χ1v) is 4.30. The monoisotopic (exact) mass is 225 g/mol. The van der Waals surface area contributed by atoms with Gasteiger partial charge >= 0.3 is 12.1 Å². The molecule has 1 aliphatic carbocycles. The van der Waals surface area contributed by atoms with Crippen LogP contribution >= 0.6 is 0 Å². The number of amides is 1. The van der Waals surface area contributed by atoms with Gasteiger partial charge in [0.1, 0.15) is 6.04 Å². The van der Waals surface area contributed by atoms with Crippen LogP contribution in [0.3, 0.4) is 0 Å². The number of rotatable bonds is 3. The number of carboxylic acids is 1. The van der Waals surface area contributed by atoms with Gasteiger partial charge in [0, 0.05) is 12.8 Å². The Hall–Kier alpha value is -1.27. The minimum Gasteiger partial charge on any atom is -0.480 e. The lowest BCUT2D eigenvalue weighted by molar-refractivity contribution is -0.155. The van der Waals surface area contributed by atoms with Gasteiger partial charge in [-0.25, -0.2) is 4.79 Å². The number of hydrogen-bond donors (Lipinski definition) is 2. The molecule has 86 valence electrons. The second-order valence-electron chi connectivity index (χ2n) is 3.56. The van der Waals surface area contributed by atoms with E-state index in [1.807, 2.05) is 5.32 Å². The maximum atomic E-state index is 12.1. The van der Waals surface area contributed by atoms with Crippen molar-refractivity contribution in [2.24, 2.45) is 11.8 Å². The van der Waals surface area contributed by atoms with Crippen LogP contribution in [0.1, 0.15) is 13.3 Å². The van der Waals surface area contributed by atoms with Crippen molar-refractivity contribution in [3.8, 4) is 0 Å². The number of carboxylic acid groups (broad SMARTS) is 1. The molecule has 3 atom stereocenters. The lowest BCUT2D eigenvalue weighted by Gasteiger charge is -2.13. The molecule has 0 aromatic carbocycles. The Morgan fingerprint density at radius 2 is 2.00 bits per heavy atom. The van der Waals surface area contributed by atoms with Gasteiger partial charge in [-0.15, -0.1) is 0 Å². The molecule has 15 heavy (non-hydrogen) atoms. The Bertz CT molecular complexity index is 289. The van der Waals surface area contributed by atoms with Crippen molar-refractivity contribution in [3.05, 3.63) is 0 Å². The second kappa shape index (κ2) is 3.71. The number of carbonyl (C=O) groups is 2. The van der Waals surface area contributed by atoms with E-state index in [0.717, 1.165) is 6.92 Å². The normalized spacial score (nSPS) is 26.9. The molecule has 0 radical (unpaired) electrons. The molecule has 7 heteroatoms. The summed E-state index contributed by atoms with van der Waals surface area (Å²) in [6.45, 7) is 1.07. The van der Waals surface area contributed by atoms with Crippen LogP contribution in [0.25, 0.3) is 0 Å². The summed E-state index contributed by atoms with van der Waals surface area (Å²) < 4.78 is 36.4. The average molecular weight is 225 g/mol. The average Bonchev–Trinajstić information content (AvgIpc) is 2.76. The number of hydrogen-bond acceptors (Lipinski definition) is 2. The summed E-state index contributed by atoms with van der Waals surface area (Å²) in [7, 11) is 0. The third-order valence-electron chi connectivity index (χ3n) is 2.31. The number of nitrogens with one attached hydrogen (secondary N) is 1. The van der Waals surface area contributed by atoms with Gasteiger partial charge < -0.3 is 10.4 Å². The number of aliphatic carboxylic acids is 1. The molecule has 0 spiro atoms. The first-order chi connectivity index (χ1) is 6.73. The summed E-state index contributed by atoms with van der Waals surface area (Å²) in [5.74, 6) is -4.71. The van der Waals surface area contributed by atoms with Crippen LogP contribution in [-0.2, 0) is 9.59 Å². The zero-order chi connectivity index (χ0) is 11.8. The van der Waals surface area contributed by atoms with Crippen LogP contribution in [0.5, 0.6) is 0 Å². The summed E-state index contributed by atoms with van der Waals surface area (Å²) in [6, 6.07) is -1.44. The first-order valence-electron chi connectivity index (χ1n) is 4.30. The van der Waals surface area contributed by atoms with Crippen LogP contribution in [0.2, 0.25) is 0 Å². The summed E-state index contributed by atoms with van der Waals surface area (Å²) in [5, 5.41) is 10.6. The fourth-order valence-electron chi connectivity index (χ4n) is 1.53. The minimum absolute atomic E-state index is 0.235. The van der Waals surface area contributed by atoms with E-state index in [1.54, 1.807) is 0 Å². The number of halogens is 3. The van der Waals surface area contributed by atoms with E-state index in [-0.39, 0.29) is 6.42 Å². The van der Waals surface area contributed by atoms with E-state index in [9.17, 15) is 22.8 Å². The van der Waals surface area contributed by atoms with Crippen LogP contribution in [0, 0.1) is 11.8 Å². The van der Waals surface area contributed by atoms with Gasteiger partial charge in [-0.2, -0.15) is 13.2 Å². The van der Waals surface area contributed by atoms with Gasteiger partial charge in [0.15, 0.2) is 0 Å². The highest BCUT2D eigenvalue weighted by molar-refractivity contribution is 5.82. The summed E-state index contributed by atoms with van der Waals surface area (Å²) in [5.41, 5.74) is 0. The van der Waals surface area contributed by atoms with Gasteiger partial charge in [0.05, 0.1) is 5.92 Å². The smallest absolute Gasteiger partial charge is 0.392 e. The fraction of sp³-hybridized carbons (Fsp3) is 0.750. The van der Waals surface area contributed by atoms with Crippen LogP contribution < -0.4 is 5.32 Å². The van der Waals surface area contributed by atoms with Gasteiger partial charge in [-0.3, -0.25) is 4.79 Å². The van der Waals surface area contributed by atoms with Crippen molar-refractivity contribution < 1.29 is 27.9 Å². The van der Waals surface area contributed by atoms with E-state index in [4.69, 9.17) is 5.11 Å². The van der Waals surface area contributed by atoms with Crippen molar-refractivity contribution in [1.29, 1.82) is 0 Å². The molecule has 0 bridgehead atoms. The quantitative estimate of drug-likeness (QED) is 0.745. The van der Waals surface area contributed by atoms with Gasteiger partial charge in [-0.05, 0) is 6.42 Å². The molecule has 3 unspecified atom stereocenters. The highest BCUT2D eigenvalue weighted by Crippen LogP contribution is 2.51. The van der Waals surface area contributed by atoms with Crippen molar-refractivity contribution in [2.45, 2.75) is 25.6 Å². The molecule has 0 aromatic rings. The topological polar surface area (TPSA) is 66.4 Å². The Labute approximate surface area is 83.5 Å². The van der Waals surface area contributed by atoms with Gasteiger partial charge in [0.25, 0.3) is 0 Å². The summed E-state index contributed by atoms with van der Waals surface area (Å²) >= 11 is 0. The largest absolute Gasteiger partial charge is 0.480 e. The third-order valence-corrected chi connectivity index (χ3v) is 2.31. The molecular formula is C8H10F3NO3. The zero-order valence-electron chi connectivity index (χ0n) is 7.84. The molecule has 0 aromatic heterocycles. The molecule has 1 amide bonds. The Morgan fingerprint density at radius 1 is 1.47 bits per heavy atom. The number of alkyl halides is 3. The Kier molecular flexibility index (Phi) is 2.92. The zero-order valence-corrected chi connectivity index (χ0v) is 7.84. The van der Waals surface area contributed by atoms with E-state index >= 15 is 0 Å². The highest BCUT2D eigenvalue weighted by Gasteiger charge is 2.60. The van der Waals surface area contributed by atoms with E-state index in [0.29, 0.717) is 0 Å². The van der Waals surface area contributed by atoms with Crippen molar-refractivity contribution in [3.63, 3.8) is 0 Å². The molecule has 0 saturated heterocycles. The predicted octanol–water partition coefficient (Wildman–Crippen LogP) is 0.774. The van der Waals surface area contributed by atoms with Crippen LogP contribution in [0.4, 0.5) is 13.2 Å². The molecule has 1 fully saturated rings. The molecule has 0 aliphatic heterocycles. The standard InChI is InChI=1S/C8H10F3NO3/c1-3(13)12-6(7(14)15)4-2-5(4)8(9,10)11/h4-6H,2H2,1H3,(H,12,13)(H,14,15). The van der Waals surface area contributed by atoms with Crippen LogP contribution in [0.15, 0.2) is 0 Å². The van der Waals surface area contributed by atoms with Crippen molar-refractivity contribution >= 4 is 11.9 Å². The maximum Gasteiger partial charge on any atom is 0.392 e. The molecular weight excluding hydrogens is 215 g/mol. The summed E-state index contributed by atoms with van der Waals surface area (Å²) in [6.07, 6.45) is -4.61. The second-order valence-corrected chi connectivity index (χ2v) is 3.56. The highest BCUT2D eigenvalue weighted by atomic mass is 19.4. The SMILES string of the molecule is CC(=O)NC(C(=O)O)C1CC1C(F)(F)F. The minimum atomic E-state index is -4.38. The fourth-order valence-corrected chi connectivity index (χ4v) is 1.53. The van der Waals surface area contributed by atoms with E-state index < -0.39 is 35.9 Å². The molecule has 1 saturated carbocycles. The molecule has 1 rings (SSSR count). The number of carbonyl (C=O) groups excluding carboxylic acids is 1.